The summed E-state index contributed by atoms with van der Waals surface area (Å²) in [5, 5.41) is 8.74. The molecule has 0 aliphatic carbocycles. The van der Waals surface area contributed by atoms with Gasteiger partial charge in [-0.3, -0.25) is 14.5 Å². The summed E-state index contributed by atoms with van der Waals surface area (Å²) in [5.41, 5.74) is 0.277. The van der Waals surface area contributed by atoms with Crippen molar-refractivity contribution in [2.24, 2.45) is 0 Å². The molecule has 1 N–H and O–H groups in total. The highest BCUT2D eigenvalue weighted by molar-refractivity contribution is 8.26. The molecule has 1 heterocycles. The van der Waals surface area contributed by atoms with Gasteiger partial charge in [-0.2, -0.15) is 8.78 Å². The van der Waals surface area contributed by atoms with Crippen LogP contribution in [-0.4, -0.2) is 39.4 Å². The molecule has 0 saturated carbocycles. The maximum Gasteiger partial charge on any atom is 0.387 e. The van der Waals surface area contributed by atoms with Gasteiger partial charge in [0, 0.05) is 5.56 Å². The molecule has 1 saturated heterocycles. The number of aliphatic carboxylic acids is 1. The van der Waals surface area contributed by atoms with E-state index in [-0.39, 0.29) is 20.5 Å². The number of carboxylic acid groups (broad SMARTS) is 1. The highest BCUT2D eigenvalue weighted by Gasteiger charge is 2.33. The maximum absolute atomic E-state index is 12.3. The molecule has 1 fully saturated rings. The minimum atomic E-state index is -2.99. The molecule has 2 rings (SSSR count). The Balaban J connectivity index is 2.29. The van der Waals surface area contributed by atoms with E-state index in [2.05, 4.69) is 4.74 Å². The number of carboxylic acids is 1. The lowest BCUT2D eigenvalue weighted by molar-refractivity contribution is -0.140. The molecule has 1 amide bonds. The third kappa shape index (κ3) is 3.80. The largest absolute Gasteiger partial charge is 0.480 e. The van der Waals surface area contributed by atoms with E-state index in [1.807, 2.05) is 0 Å². The van der Waals surface area contributed by atoms with E-state index in [0.717, 1.165) is 16.7 Å². The summed E-state index contributed by atoms with van der Waals surface area (Å²) >= 11 is 5.85. The van der Waals surface area contributed by atoms with E-state index in [4.69, 9.17) is 17.3 Å². The molecule has 0 radical (unpaired) electrons. The second-order valence-electron chi connectivity index (χ2n) is 4.08. The summed E-state index contributed by atoms with van der Waals surface area (Å²) in [6.45, 7) is -3.53. The van der Waals surface area contributed by atoms with Crippen LogP contribution in [0.1, 0.15) is 5.56 Å². The molecule has 1 aromatic carbocycles. The second-order valence-corrected chi connectivity index (χ2v) is 5.75. The number of para-hydroxylation sites is 1. The number of carbonyl (C=O) groups excluding carboxylic acids is 1. The standard InChI is InChI=1S/C13H9F2NO4S2/c14-12(15)20-8-4-2-1-3-7(8)5-9-11(19)16(6-10(17)18)13(21)22-9/h1-5,12H,6H2,(H,17,18). The van der Waals surface area contributed by atoms with Crippen LogP contribution in [0, 0.1) is 0 Å². The normalized spacial score (nSPS) is 16.7. The van der Waals surface area contributed by atoms with E-state index >= 15 is 0 Å². The molecule has 1 aliphatic heterocycles. The zero-order valence-electron chi connectivity index (χ0n) is 10.9. The van der Waals surface area contributed by atoms with Crippen LogP contribution in [0.2, 0.25) is 0 Å². The number of alkyl halides is 2. The van der Waals surface area contributed by atoms with Gasteiger partial charge < -0.3 is 9.84 Å². The summed E-state index contributed by atoms with van der Waals surface area (Å²) in [7, 11) is 0. The molecule has 0 bridgehead atoms. The zero-order valence-corrected chi connectivity index (χ0v) is 12.5. The smallest absolute Gasteiger partial charge is 0.387 e. The fourth-order valence-electron chi connectivity index (χ4n) is 1.72. The van der Waals surface area contributed by atoms with E-state index < -0.39 is 25.0 Å². The van der Waals surface area contributed by atoms with E-state index in [1.54, 1.807) is 6.07 Å². The van der Waals surface area contributed by atoms with Gasteiger partial charge in [-0.25, -0.2) is 0 Å². The molecule has 116 valence electrons. The van der Waals surface area contributed by atoms with Gasteiger partial charge in [0.15, 0.2) is 0 Å². The highest BCUT2D eigenvalue weighted by Crippen LogP contribution is 2.34. The molecule has 5 nitrogen and oxygen atoms in total. The van der Waals surface area contributed by atoms with Crippen LogP contribution in [0.5, 0.6) is 5.75 Å². The molecule has 0 atom stereocenters. The van der Waals surface area contributed by atoms with E-state index in [0.29, 0.717) is 0 Å². The molecule has 0 aromatic heterocycles. The fourth-order valence-corrected chi connectivity index (χ4v) is 2.96. The second kappa shape index (κ2) is 6.84. The molecular formula is C13H9F2NO4S2. The van der Waals surface area contributed by atoms with Crippen molar-refractivity contribution >= 4 is 46.3 Å². The Hall–Kier alpha value is -2.00. The molecule has 1 aliphatic rings. The quantitative estimate of drug-likeness (QED) is 0.654. The number of hydrogen-bond donors (Lipinski definition) is 1. The first-order valence-corrected chi connectivity index (χ1v) is 7.12. The van der Waals surface area contributed by atoms with Gasteiger partial charge in [-0.05, 0) is 12.1 Å². The number of benzene rings is 1. The maximum atomic E-state index is 12.3. The SMILES string of the molecule is O=C(O)CN1C(=O)C(=Cc2ccccc2OC(F)F)SC1=S. The first-order chi connectivity index (χ1) is 10.4. The lowest BCUT2D eigenvalue weighted by atomic mass is 10.2. The van der Waals surface area contributed by atoms with Crippen LogP contribution in [0.15, 0.2) is 29.2 Å². The summed E-state index contributed by atoms with van der Waals surface area (Å²) in [6, 6.07) is 5.96. The number of hydrogen-bond acceptors (Lipinski definition) is 5. The van der Waals surface area contributed by atoms with Gasteiger partial charge in [0.1, 0.15) is 16.6 Å². The summed E-state index contributed by atoms with van der Waals surface area (Å²) < 4.78 is 29.2. The number of nitrogens with zero attached hydrogens (tertiary/aromatic N) is 1. The minimum Gasteiger partial charge on any atom is -0.480 e. The van der Waals surface area contributed by atoms with Gasteiger partial charge in [-0.15, -0.1) is 0 Å². The molecule has 0 unspecified atom stereocenters. The highest BCUT2D eigenvalue weighted by atomic mass is 32.2. The molecule has 9 heteroatoms. The van der Waals surface area contributed by atoms with Crippen molar-refractivity contribution < 1.29 is 28.2 Å². The zero-order chi connectivity index (χ0) is 16.3. The van der Waals surface area contributed by atoms with Crippen molar-refractivity contribution in [1.82, 2.24) is 4.90 Å². The van der Waals surface area contributed by atoms with Crippen LogP contribution in [0.3, 0.4) is 0 Å². The van der Waals surface area contributed by atoms with Gasteiger partial charge in [0.2, 0.25) is 0 Å². The van der Waals surface area contributed by atoms with Crippen LogP contribution >= 0.6 is 24.0 Å². The Morgan fingerprint density at radius 3 is 2.77 bits per heavy atom. The fraction of sp³-hybridized carbons (Fsp3) is 0.154. The van der Waals surface area contributed by atoms with Gasteiger partial charge in [0.05, 0.1) is 4.91 Å². The average Bonchev–Trinajstić information content (AvgIpc) is 2.68. The van der Waals surface area contributed by atoms with E-state index in [1.165, 1.54) is 24.3 Å². The summed E-state index contributed by atoms with van der Waals surface area (Å²) in [4.78, 5) is 23.9. The third-order valence-electron chi connectivity index (χ3n) is 2.59. The van der Waals surface area contributed by atoms with Crippen LogP contribution < -0.4 is 4.74 Å². The Bertz CT molecular complexity index is 663. The van der Waals surface area contributed by atoms with Crippen molar-refractivity contribution in [3.05, 3.63) is 34.7 Å². The van der Waals surface area contributed by atoms with Gasteiger partial charge in [0.25, 0.3) is 5.91 Å². The van der Waals surface area contributed by atoms with Crippen molar-refractivity contribution in [3.8, 4) is 5.75 Å². The number of carbonyl (C=O) groups is 2. The Kier molecular flexibility index (Phi) is 5.09. The first-order valence-electron chi connectivity index (χ1n) is 5.89. The number of halogens is 2. The molecule has 1 aromatic rings. The molecular weight excluding hydrogens is 336 g/mol. The van der Waals surface area contributed by atoms with E-state index in [9.17, 15) is 18.4 Å². The number of amides is 1. The lowest BCUT2D eigenvalue weighted by Gasteiger charge is -2.10. The van der Waals surface area contributed by atoms with Crippen LogP contribution in [-0.2, 0) is 9.59 Å². The first kappa shape index (κ1) is 16.4. The number of thiocarbonyl (C=S) groups is 1. The Morgan fingerprint density at radius 2 is 2.14 bits per heavy atom. The molecule has 0 spiro atoms. The van der Waals surface area contributed by atoms with Crippen molar-refractivity contribution in [1.29, 1.82) is 0 Å². The number of ether oxygens (including phenoxy) is 1. The third-order valence-corrected chi connectivity index (χ3v) is 3.97. The topological polar surface area (TPSA) is 66.8 Å². The van der Waals surface area contributed by atoms with Crippen molar-refractivity contribution in [3.63, 3.8) is 0 Å². The van der Waals surface area contributed by atoms with Crippen LogP contribution in [0.25, 0.3) is 6.08 Å². The Morgan fingerprint density at radius 1 is 1.45 bits per heavy atom. The van der Waals surface area contributed by atoms with Crippen molar-refractivity contribution in [2.45, 2.75) is 6.61 Å². The van der Waals surface area contributed by atoms with Gasteiger partial charge in [-0.1, -0.05) is 42.2 Å². The lowest BCUT2D eigenvalue weighted by Crippen LogP contribution is -2.33. The summed E-state index contributed by atoms with van der Waals surface area (Å²) in [5.74, 6) is -1.86. The predicted octanol–water partition coefficient (Wildman–Crippen LogP) is 2.57. The summed E-state index contributed by atoms with van der Waals surface area (Å²) in [6.07, 6.45) is 1.35. The minimum absolute atomic E-state index is 0.0824. The number of thioether (sulfide) groups is 1. The Labute approximate surface area is 133 Å². The molecule has 22 heavy (non-hydrogen) atoms. The predicted molar refractivity (Wildman–Crippen MR) is 80.6 cm³/mol. The number of rotatable bonds is 5. The van der Waals surface area contributed by atoms with Crippen LogP contribution in [0.4, 0.5) is 8.78 Å². The monoisotopic (exact) mass is 345 g/mol. The van der Waals surface area contributed by atoms with Crippen molar-refractivity contribution in [2.75, 3.05) is 6.54 Å². The average molecular weight is 345 g/mol. The van der Waals surface area contributed by atoms with Gasteiger partial charge >= 0.3 is 12.6 Å².